The van der Waals surface area contributed by atoms with E-state index in [1.54, 1.807) is 6.07 Å². The van der Waals surface area contributed by atoms with Gasteiger partial charge in [-0.1, -0.05) is 49.3 Å². The molecule has 3 rings (SSSR count). The Morgan fingerprint density at radius 2 is 2.08 bits per heavy atom. The minimum Gasteiger partial charge on any atom is -0.360 e. The molecule has 0 bridgehead atoms. The van der Waals surface area contributed by atoms with Crippen molar-refractivity contribution in [1.82, 2.24) is 15.0 Å². The second kappa shape index (κ2) is 8.04. The zero-order chi connectivity index (χ0) is 18.7. The van der Waals surface area contributed by atoms with E-state index >= 15 is 0 Å². The van der Waals surface area contributed by atoms with Gasteiger partial charge in [0.1, 0.15) is 5.76 Å². The zero-order valence-corrected chi connectivity index (χ0v) is 16.2. The smallest absolute Gasteiger partial charge is 0.276 e. The Kier molecular flexibility index (Phi) is 5.77. The Morgan fingerprint density at radius 3 is 2.69 bits per heavy atom. The van der Waals surface area contributed by atoms with Gasteiger partial charge in [0, 0.05) is 44.2 Å². The average molecular weight is 355 g/mol. The lowest BCUT2D eigenvalue weighted by molar-refractivity contribution is 0.0530. The SMILES string of the molecule is CC(C)c1cc(C(=O)N(C)C2CCN(Cc3ccccc3)C(C)C2)no1. The summed E-state index contributed by atoms with van der Waals surface area (Å²) < 4.78 is 5.28. The Bertz CT molecular complexity index is 726. The second-order valence-corrected chi connectivity index (χ2v) is 7.67. The summed E-state index contributed by atoms with van der Waals surface area (Å²) in [6.07, 6.45) is 1.96. The third kappa shape index (κ3) is 4.15. The molecular formula is C21H29N3O2. The van der Waals surface area contributed by atoms with E-state index in [-0.39, 0.29) is 17.9 Å². The molecule has 1 aliphatic heterocycles. The predicted octanol–water partition coefficient (Wildman–Crippen LogP) is 3.92. The molecule has 140 valence electrons. The fraction of sp³-hybridized carbons (Fsp3) is 0.524. The number of likely N-dealkylation sites (tertiary alicyclic amines) is 1. The molecule has 1 aromatic carbocycles. The van der Waals surface area contributed by atoms with Crippen molar-refractivity contribution in [2.24, 2.45) is 0 Å². The van der Waals surface area contributed by atoms with Gasteiger partial charge in [-0.05, 0) is 25.3 Å². The van der Waals surface area contributed by atoms with Crippen LogP contribution in [-0.4, -0.2) is 46.5 Å². The normalized spacial score (nSPS) is 21.1. The Morgan fingerprint density at radius 1 is 1.35 bits per heavy atom. The van der Waals surface area contributed by atoms with Crippen molar-refractivity contribution in [2.45, 2.75) is 58.2 Å². The number of hydrogen-bond donors (Lipinski definition) is 0. The van der Waals surface area contributed by atoms with Crippen LogP contribution in [0.15, 0.2) is 40.9 Å². The molecule has 0 saturated carbocycles. The van der Waals surface area contributed by atoms with Crippen LogP contribution in [0.5, 0.6) is 0 Å². The standard InChI is InChI=1S/C21H29N3O2/c1-15(2)20-13-19(22-26-20)21(25)23(4)18-10-11-24(16(3)12-18)14-17-8-6-5-7-9-17/h5-9,13,15-16,18H,10-12,14H2,1-4H3. The fourth-order valence-corrected chi connectivity index (χ4v) is 3.61. The fourth-order valence-electron chi connectivity index (χ4n) is 3.61. The summed E-state index contributed by atoms with van der Waals surface area (Å²) in [7, 11) is 1.89. The molecule has 1 fully saturated rings. The number of aromatic nitrogens is 1. The van der Waals surface area contributed by atoms with Gasteiger partial charge in [-0.2, -0.15) is 0 Å². The maximum Gasteiger partial charge on any atom is 0.276 e. The van der Waals surface area contributed by atoms with Crippen LogP contribution in [0.1, 0.15) is 61.3 Å². The predicted molar refractivity (Wildman–Crippen MR) is 102 cm³/mol. The summed E-state index contributed by atoms with van der Waals surface area (Å²) in [5, 5.41) is 3.97. The number of carbonyl (C=O) groups is 1. The highest BCUT2D eigenvalue weighted by atomic mass is 16.5. The summed E-state index contributed by atoms with van der Waals surface area (Å²) in [6.45, 7) is 8.27. The molecule has 5 heteroatoms. The molecule has 1 saturated heterocycles. The number of hydrogen-bond acceptors (Lipinski definition) is 4. The summed E-state index contributed by atoms with van der Waals surface area (Å²) in [4.78, 5) is 17.1. The van der Waals surface area contributed by atoms with Gasteiger partial charge in [-0.3, -0.25) is 9.69 Å². The van der Waals surface area contributed by atoms with Crippen LogP contribution in [0.4, 0.5) is 0 Å². The Labute approximate surface area is 156 Å². The van der Waals surface area contributed by atoms with Gasteiger partial charge >= 0.3 is 0 Å². The number of amides is 1. The number of nitrogens with zero attached hydrogens (tertiary/aromatic N) is 3. The molecule has 2 heterocycles. The Hall–Kier alpha value is -2.14. The average Bonchev–Trinajstić information content (AvgIpc) is 3.13. The third-order valence-electron chi connectivity index (χ3n) is 5.40. The van der Waals surface area contributed by atoms with Gasteiger partial charge in [0.15, 0.2) is 5.69 Å². The van der Waals surface area contributed by atoms with Crippen LogP contribution in [0.2, 0.25) is 0 Å². The lowest BCUT2D eigenvalue weighted by atomic mass is 9.96. The van der Waals surface area contributed by atoms with Crippen molar-refractivity contribution in [2.75, 3.05) is 13.6 Å². The highest BCUT2D eigenvalue weighted by Gasteiger charge is 2.31. The molecule has 2 aromatic rings. The van der Waals surface area contributed by atoms with Crippen molar-refractivity contribution >= 4 is 5.91 Å². The summed E-state index contributed by atoms with van der Waals surface area (Å²) in [5.74, 6) is 0.942. The molecule has 2 unspecified atom stereocenters. The number of benzene rings is 1. The van der Waals surface area contributed by atoms with Gasteiger partial charge < -0.3 is 9.42 Å². The highest BCUT2D eigenvalue weighted by molar-refractivity contribution is 5.92. The number of piperidine rings is 1. The first-order valence-electron chi connectivity index (χ1n) is 9.47. The molecule has 0 N–H and O–H groups in total. The molecular weight excluding hydrogens is 326 g/mol. The van der Waals surface area contributed by atoms with Crippen LogP contribution in [0, 0.1) is 0 Å². The van der Waals surface area contributed by atoms with Crippen molar-refractivity contribution in [3.05, 3.63) is 53.4 Å². The zero-order valence-electron chi connectivity index (χ0n) is 16.2. The van der Waals surface area contributed by atoms with E-state index in [4.69, 9.17) is 4.52 Å². The molecule has 5 nitrogen and oxygen atoms in total. The van der Waals surface area contributed by atoms with E-state index in [0.29, 0.717) is 11.7 Å². The first-order valence-corrected chi connectivity index (χ1v) is 9.47. The van der Waals surface area contributed by atoms with Gasteiger partial charge in [-0.25, -0.2) is 0 Å². The van der Waals surface area contributed by atoms with E-state index in [0.717, 1.165) is 31.7 Å². The summed E-state index contributed by atoms with van der Waals surface area (Å²) in [5.41, 5.74) is 1.75. The highest BCUT2D eigenvalue weighted by Crippen LogP contribution is 2.24. The topological polar surface area (TPSA) is 49.6 Å². The largest absolute Gasteiger partial charge is 0.360 e. The van der Waals surface area contributed by atoms with Crippen LogP contribution < -0.4 is 0 Å². The molecule has 0 aliphatic carbocycles. The van der Waals surface area contributed by atoms with Gasteiger partial charge in [0.2, 0.25) is 0 Å². The molecule has 1 aliphatic rings. The van der Waals surface area contributed by atoms with E-state index in [2.05, 4.69) is 41.2 Å². The molecule has 0 spiro atoms. The van der Waals surface area contributed by atoms with Crippen LogP contribution in [0.3, 0.4) is 0 Å². The quantitative estimate of drug-likeness (QED) is 0.815. The molecule has 1 amide bonds. The third-order valence-corrected chi connectivity index (χ3v) is 5.40. The summed E-state index contributed by atoms with van der Waals surface area (Å²) in [6, 6.07) is 13.0. The lowest BCUT2D eigenvalue weighted by Crippen LogP contribution is -2.49. The molecule has 2 atom stereocenters. The molecule has 0 radical (unpaired) electrons. The Balaban J connectivity index is 1.59. The number of carbonyl (C=O) groups excluding carboxylic acids is 1. The van der Waals surface area contributed by atoms with Gasteiger partial charge in [0.25, 0.3) is 5.91 Å². The van der Waals surface area contributed by atoms with E-state index in [1.165, 1.54) is 5.56 Å². The summed E-state index contributed by atoms with van der Waals surface area (Å²) >= 11 is 0. The lowest BCUT2D eigenvalue weighted by Gasteiger charge is -2.41. The van der Waals surface area contributed by atoms with Gasteiger partial charge in [0.05, 0.1) is 0 Å². The van der Waals surface area contributed by atoms with Crippen LogP contribution in [-0.2, 0) is 6.54 Å². The van der Waals surface area contributed by atoms with E-state index in [9.17, 15) is 4.79 Å². The van der Waals surface area contributed by atoms with Crippen LogP contribution in [0.25, 0.3) is 0 Å². The minimum atomic E-state index is -0.0469. The first-order chi connectivity index (χ1) is 12.5. The maximum atomic E-state index is 12.7. The van der Waals surface area contributed by atoms with E-state index < -0.39 is 0 Å². The van der Waals surface area contributed by atoms with Gasteiger partial charge in [-0.15, -0.1) is 0 Å². The van der Waals surface area contributed by atoms with Crippen LogP contribution >= 0.6 is 0 Å². The maximum absolute atomic E-state index is 12.7. The number of rotatable bonds is 5. The van der Waals surface area contributed by atoms with Crippen molar-refractivity contribution in [3.63, 3.8) is 0 Å². The molecule has 26 heavy (non-hydrogen) atoms. The van der Waals surface area contributed by atoms with Crippen molar-refractivity contribution < 1.29 is 9.32 Å². The first kappa shape index (κ1) is 18.6. The van der Waals surface area contributed by atoms with Crippen molar-refractivity contribution in [1.29, 1.82) is 0 Å². The second-order valence-electron chi connectivity index (χ2n) is 7.67. The van der Waals surface area contributed by atoms with Crippen molar-refractivity contribution in [3.8, 4) is 0 Å². The minimum absolute atomic E-state index is 0.0469. The molecule has 1 aromatic heterocycles. The van der Waals surface area contributed by atoms with E-state index in [1.807, 2.05) is 31.9 Å². The monoisotopic (exact) mass is 355 g/mol.